The van der Waals surface area contributed by atoms with E-state index in [2.05, 4.69) is 36.6 Å². The van der Waals surface area contributed by atoms with E-state index in [1.165, 1.54) is 18.2 Å². The Kier molecular flexibility index (Phi) is 4.03. The van der Waals surface area contributed by atoms with E-state index in [4.69, 9.17) is 10.4 Å². The zero-order valence-electron chi connectivity index (χ0n) is 13.4. The molecule has 0 amide bonds. The quantitative estimate of drug-likeness (QED) is 0.546. The van der Waals surface area contributed by atoms with E-state index in [0.29, 0.717) is 11.5 Å². The Morgan fingerprint density at radius 3 is 2.77 bits per heavy atom. The lowest BCUT2D eigenvalue weighted by atomic mass is 9.67. The molecule has 2 fully saturated rings. The number of halogens is 2. The van der Waals surface area contributed by atoms with Crippen LogP contribution in [-0.4, -0.2) is 42.1 Å². The standard InChI is InChI=1S/C15H15BrFN5O3S/c16-10-3-8(1-2-11(10)17)19-13(18)12-14(22-25-21-12)20-9-4-15(5-9)6-26(23,24)7-15/h1-3,9H,4-7H2,(H2,18,19)(H,20,22). The third kappa shape index (κ3) is 3.20. The fourth-order valence-electron chi connectivity index (χ4n) is 3.61. The van der Waals surface area contributed by atoms with Gasteiger partial charge in [0.15, 0.2) is 21.4 Å². The summed E-state index contributed by atoms with van der Waals surface area (Å²) in [6.45, 7) is 0. The van der Waals surface area contributed by atoms with E-state index in [1.54, 1.807) is 0 Å². The predicted octanol–water partition coefficient (Wildman–Crippen LogP) is 2.00. The topological polar surface area (TPSA) is 123 Å². The van der Waals surface area contributed by atoms with Gasteiger partial charge >= 0.3 is 0 Å². The zero-order chi connectivity index (χ0) is 18.5. The number of nitrogens with one attached hydrogen (secondary N) is 1. The highest BCUT2D eigenvalue weighted by molar-refractivity contribution is 9.10. The second-order valence-electron chi connectivity index (χ2n) is 6.84. The second kappa shape index (κ2) is 6.02. The smallest absolute Gasteiger partial charge is 0.202 e. The summed E-state index contributed by atoms with van der Waals surface area (Å²) in [4.78, 5) is 4.21. The van der Waals surface area contributed by atoms with Crippen molar-refractivity contribution in [3.8, 4) is 0 Å². The van der Waals surface area contributed by atoms with Crippen LogP contribution in [0, 0.1) is 11.2 Å². The molecular formula is C15H15BrFN5O3S. The maximum atomic E-state index is 13.3. The number of nitrogens with zero attached hydrogens (tertiary/aromatic N) is 3. The summed E-state index contributed by atoms with van der Waals surface area (Å²) in [5.41, 5.74) is 6.60. The SMILES string of the molecule is NC(=Nc1ccc(F)c(Br)c1)c1nonc1NC1CC2(C1)CS(=O)(=O)C2. The first kappa shape index (κ1) is 17.4. The molecule has 1 aliphatic heterocycles. The van der Waals surface area contributed by atoms with Crippen molar-refractivity contribution in [3.05, 3.63) is 34.2 Å². The van der Waals surface area contributed by atoms with Crippen molar-refractivity contribution in [1.82, 2.24) is 10.3 Å². The molecule has 0 atom stereocenters. The summed E-state index contributed by atoms with van der Waals surface area (Å²) in [5.74, 6) is 0.544. The molecule has 138 valence electrons. The third-order valence-electron chi connectivity index (χ3n) is 4.64. The summed E-state index contributed by atoms with van der Waals surface area (Å²) >= 11 is 3.09. The molecule has 2 aliphatic rings. The van der Waals surface area contributed by atoms with Crippen molar-refractivity contribution in [3.63, 3.8) is 0 Å². The molecule has 1 aliphatic carbocycles. The van der Waals surface area contributed by atoms with Crippen LogP contribution < -0.4 is 11.1 Å². The first-order chi connectivity index (χ1) is 12.3. The number of hydrogen-bond donors (Lipinski definition) is 2. The van der Waals surface area contributed by atoms with Gasteiger partial charge in [-0.15, -0.1) is 0 Å². The van der Waals surface area contributed by atoms with Crippen molar-refractivity contribution in [2.45, 2.75) is 18.9 Å². The van der Waals surface area contributed by atoms with E-state index < -0.39 is 15.7 Å². The van der Waals surface area contributed by atoms with Gasteiger partial charge in [0, 0.05) is 11.5 Å². The summed E-state index contributed by atoms with van der Waals surface area (Å²) in [6, 6.07) is 4.34. The average Bonchev–Trinajstić information content (AvgIpc) is 2.95. The molecule has 2 heterocycles. The Morgan fingerprint density at radius 1 is 1.38 bits per heavy atom. The van der Waals surface area contributed by atoms with Gasteiger partial charge in [0.25, 0.3) is 0 Å². The minimum absolute atomic E-state index is 0.0764. The monoisotopic (exact) mass is 443 g/mol. The number of aliphatic imine (C=N–C) groups is 1. The normalized spacial score (nSPS) is 21.2. The lowest BCUT2D eigenvalue weighted by molar-refractivity contribution is 0.153. The molecule has 26 heavy (non-hydrogen) atoms. The molecule has 0 unspecified atom stereocenters. The second-order valence-corrected chi connectivity index (χ2v) is 9.76. The first-order valence-electron chi connectivity index (χ1n) is 7.84. The lowest BCUT2D eigenvalue weighted by Crippen LogP contribution is -2.60. The van der Waals surface area contributed by atoms with E-state index in [0.717, 1.165) is 12.8 Å². The number of anilines is 1. The molecule has 1 spiro atoms. The van der Waals surface area contributed by atoms with Crippen LogP contribution in [0.4, 0.5) is 15.9 Å². The highest BCUT2D eigenvalue weighted by atomic mass is 79.9. The largest absolute Gasteiger partial charge is 0.382 e. The number of benzene rings is 1. The Balaban J connectivity index is 1.45. The lowest BCUT2D eigenvalue weighted by Gasteiger charge is -2.53. The van der Waals surface area contributed by atoms with Crippen molar-refractivity contribution in [1.29, 1.82) is 0 Å². The number of amidine groups is 1. The van der Waals surface area contributed by atoms with E-state index in [1.807, 2.05) is 0 Å². The first-order valence-corrected chi connectivity index (χ1v) is 10.5. The van der Waals surface area contributed by atoms with Crippen LogP contribution in [0.1, 0.15) is 18.5 Å². The molecule has 1 aromatic heterocycles. The Bertz CT molecular complexity index is 986. The van der Waals surface area contributed by atoms with Gasteiger partial charge in [0.1, 0.15) is 5.82 Å². The van der Waals surface area contributed by atoms with Gasteiger partial charge in [-0.1, -0.05) is 0 Å². The zero-order valence-corrected chi connectivity index (χ0v) is 15.8. The molecule has 4 rings (SSSR count). The molecule has 0 radical (unpaired) electrons. The Morgan fingerprint density at radius 2 is 2.12 bits per heavy atom. The van der Waals surface area contributed by atoms with Crippen LogP contribution in [0.5, 0.6) is 0 Å². The molecule has 11 heteroatoms. The Hall–Kier alpha value is -2.01. The van der Waals surface area contributed by atoms with Crippen molar-refractivity contribution >= 4 is 43.1 Å². The molecule has 1 aromatic carbocycles. The van der Waals surface area contributed by atoms with Gasteiger partial charge in [-0.25, -0.2) is 22.4 Å². The minimum Gasteiger partial charge on any atom is -0.382 e. The van der Waals surface area contributed by atoms with E-state index in [9.17, 15) is 12.8 Å². The number of hydrogen-bond acceptors (Lipinski definition) is 7. The summed E-state index contributed by atoms with van der Waals surface area (Å²) in [6.07, 6.45) is 1.50. The van der Waals surface area contributed by atoms with Gasteiger partial charge < -0.3 is 11.1 Å². The summed E-state index contributed by atoms with van der Waals surface area (Å²) in [7, 11) is -2.84. The fraction of sp³-hybridized carbons (Fsp3) is 0.400. The average molecular weight is 444 g/mol. The highest BCUT2D eigenvalue weighted by Gasteiger charge is 2.56. The highest BCUT2D eigenvalue weighted by Crippen LogP contribution is 2.50. The van der Waals surface area contributed by atoms with Gasteiger partial charge in [-0.2, -0.15) is 0 Å². The molecular weight excluding hydrogens is 429 g/mol. The molecule has 2 aromatic rings. The fourth-order valence-corrected chi connectivity index (χ4v) is 6.22. The third-order valence-corrected chi connectivity index (χ3v) is 7.35. The number of nitrogens with two attached hydrogens (primary N) is 1. The minimum atomic E-state index is -2.84. The molecule has 3 N–H and O–H groups in total. The van der Waals surface area contributed by atoms with E-state index in [-0.39, 0.29) is 39.0 Å². The Labute approximate surface area is 157 Å². The van der Waals surface area contributed by atoms with Crippen molar-refractivity contribution in [2.75, 3.05) is 16.8 Å². The van der Waals surface area contributed by atoms with Gasteiger partial charge in [0.2, 0.25) is 5.82 Å². The maximum Gasteiger partial charge on any atom is 0.202 e. The molecule has 0 bridgehead atoms. The summed E-state index contributed by atoms with van der Waals surface area (Å²) < 4.78 is 41.1. The number of aromatic nitrogens is 2. The van der Waals surface area contributed by atoms with Gasteiger partial charge in [-0.3, -0.25) is 0 Å². The number of sulfone groups is 1. The van der Waals surface area contributed by atoms with Crippen LogP contribution in [-0.2, 0) is 9.84 Å². The van der Waals surface area contributed by atoms with E-state index >= 15 is 0 Å². The predicted molar refractivity (Wildman–Crippen MR) is 96.5 cm³/mol. The van der Waals surface area contributed by atoms with Crippen LogP contribution in [0.25, 0.3) is 0 Å². The van der Waals surface area contributed by atoms with Crippen LogP contribution in [0.2, 0.25) is 0 Å². The van der Waals surface area contributed by atoms with Gasteiger partial charge in [0.05, 0.1) is 21.7 Å². The van der Waals surface area contributed by atoms with Gasteiger partial charge in [-0.05, 0) is 57.3 Å². The van der Waals surface area contributed by atoms with Crippen LogP contribution >= 0.6 is 15.9 Å². The van der Waals surface area contributed by atoms with Crippen LogP contribution in [0.3, 0.4) is 0 Å². The summed E-state index contributed by atoms with van der Waals surface area (Å²) in [5, 5.41) is 10.8. The molecule has 8 nitrogen and oxygen atoms in total. The molecule has 1 saturated heterocycles. The van der Waals surface area contributed by atoms with Crippen molar-refractivity contribution in [2.24, 2.45) is 16.1 Å². The molecule has 1 saturated carbocycles. The van der Waals surface area contributed by atoms with Crippen molar-refractivity contribution < 1.29 is 17.4 Å². The van der Waals surface area contributed by atoms with Crippen LogP contribution in [0.15, 0.2) is 32.3 Å². The number of rotatable bonds is 4. The maximum absolute atomic E-state index is 13.3.